The number of ether oxygens (including phenoxy) is 1. The molecule has 1 aliphatic rings. The summed E-state index contributed by atoms with van der Waals surface area (Å²) < 4.78 is 6.96. The lowest BCUT2D eigenvalue weighted by Crippen LogP contribution is -2.40. The second-order valence-corrected chi connectivity index (χ2v) is 6.72. The molecule has 9 heteroatoms. The summed E-state index contributed by atoms with van der Waals surface area (Å²) in [5, 5.41) is 17.7. The molecule has 1 amide bonds. The molecular weight excluding hydrogens is 360 g/mol. The van der Waals surface area contributed by atoms with Gasteiger partial charge in [0.1, 0.15) is 11.4 Å². The first-order chi connectivity index (χ1) is 13.6. The van der Waals surface area contributed by atoms with Gasteiger partial charge in [-0.3, -0.25) is 9.59 Å². The maximum absolute atomic E-state index is 12.8. The zero-order valence-corrected chi connectivity index (χ0v) is 15.6. The molecule has 144 valence electrons. The van der Waals surface area contributed by atoms with Crippen LogP contribution in [0.25, 0.3) is 5.69 Å². The quantitative estimate of drug-likeness (QED) is 0.697. The zero-order valence-electron chi connectivity index (χ0n) is 15.6. The Balaban J connectivity index is 1.54. The molecule has 0 unspecified atom stereocenters. The van der Waals surface area contributed by atoms with Crippen molar-refractivity contribution in [2.45, 2.75) is 32.2 Å². The van der Waals surface area contributed by atoms with Crippen molar-refractivity contribution in [2.75, 3.05) is 7.11 Å². The molecular formula is C19H20N6O3. The van der Waals surface area contributed by atoms with Crippen LogP contribution in [-0.2, 0) is 12.8 Å². The first kappa shape index (κ1) is 17.9. The number of hydrogen-bond donors (Lipinski definition) is 2. The van der Waals surface area contributed by atoms with Crippen LogP contribution in [0.3, 0.4) is 0 Å². The summed E-state index contributed by atoms with van der Waals surface area (Å²) >= 11 is 0. The van der Waals surface area contributed by atoms with Gasteiger partial charge in [-0.2, -0.15) is 5.10 Å². The number of H-pyrrole nitrogens is 1. The van der Waals surface area contributed by atoms with Crippen molar-refractivity contribution in [3.05, 3.63) is 63.3 Å². The molecule has 2 N–H and O–H groups in total. The number of para-hydroxylation sites is 2. The lowest BCUT2D eigenvalue weighted by molar-refractivity contribution is 0.0927. The van der Waals surface area contributed by atoms with Gasteiger partial charge in [-0.25, -0.2) is 9.78 Å². The predicted molar refractivity (Wildman–Crippen MR) is 101 cm³/mol. The van der Waals surface area contributed by atoms with Crippen molar-refractivity contribution in [1.29, 1.82) is 0 Å². The van der Waals surface area contributed by atoms with Crippen molar-refractivity contribution >= 4 is 5.91 Å². The number of nitrogens with zero attached hydrogens (tertiary/aromatic N) is 4. The molecule has 4 rings (SSSR count). The Morgan fingerprint density at radius 3 is 3.00 bits per heavy atom. The minimum absolute atomic E-state index is 0.0839. The standard InChI is InChI=1S/C19H20N6O3/c1-11-18(23-24-25(11)15-5-3-4-6-16(15)28-2)19(27)20-13-7-8-14-12(9-13)10-17(26)22-21-14/h3-6,10,13H,7-9H2,1-2H3,(H,20,27)(H,22,26)/t13-/m0/s1. The number of methoxy groups -OCH3 is 1. The molecule has 0 saturated carbocycles. The fourth-order valence-electron chi connectivity index (χ4n) is 3.49. The Hall–Kier alpha value is -3.49. The number of carbonyl (C=O) groups is 1. The highest BCUT2D eigenvalue weighted by atomic mass is 16.5. The van der Waals surface area contributed by atoms with E-state index in [1.807, 2.05) is 24.3 Å². The molecule has 0 aliphatic heterocycles. The normalized spacial score (nSPS) is 15.7. The van der Waals surface area contributed by atoms with Crippen molar-refractivity contribution in [3.8, 4) is 11.4 Å². The number of hydrogen-bond acceptors (Lipinski definition) is 6. The van der Waals surface area contributed by atoms with Gasteiger partial charge in [0.2, 0.25) is 0 Å². The van der Waals surface area contributed by atoms with Crippen LogP contribution in [-0.4, -0.2) is 44.3 Å². The van der Waals surface area contributed by atoms with Gasteiger partial charge < -0.3 is 10.1 Å². The predicted octanol–water partition coefficient (Wildman–Crippen LogP) is 0.955. The molecule has 1 atom stereocenters. The molecule has 3 aromatic rings. The van der Waals surface area contributed by atoms with Gasteiger partial charge in [0.25, 0.3) is 11.5 Å². The third-order valence-corrected chi connectivity index (χ3v) is 4.93. The smallest absolute Gasteiger partial charge is 0.273 e. The number of amides is 1. The number of aromatic nitrogens is 5. The summed E-state index contributed by atoms with van der Waals surface area (Å²) in [6.45, 7) is 1.79. The summed E-state index contributed by atoms with van der Waals surface area (Å²) in [5.41, 5.74) is 3.11. The van der Waals surface area contributed by atoms with Crippen LogP contribution < -0.4 is 15.6 Å². The van der Waals surface area contributed by atoms with Crippen LogP contribution >= 0.6 is 0 Å². The number of aromatic amines is 1. The Morgan fingerprint density at radius 2 is 2.18 bits per heavy atom. The molecule has 1 aliphatic carbocycles. The second kappa shape index (κ2) is 7.26. The number of benzene rings is 1. The van der Waals surface area contributed by atoms with Crippen LogP contribution in [0.15, 0.2) is 35.1 Å². The summed E-state index contributed by atoms with van der Waals surface area (Å²) in [4.78, 5) is 24.3. The molecule has 9 nitrogen and oxygen atoms in total. The molecule has 2 aromatic heterocycles. The van der Waals surface area contributed by atoms with Crippen molar-refractivity contribution in [3.63, 3.8) is 0 Å². The molecule has 0 radical (unpaired) electrons. The minimum Gasteiger partial charge on any atom is -0.494 e. The minimum atomic E-state index is -0.287. The van der Waals surface area contributed by atoms with E-state index in [4.69, 9.17) is 4.74 Å². The molecule has 1 aromatic carbocycles. The van der Waals surface area contributed by atoms with E-state index in [0.29, 0.717) is 30.0 Å². The zero-order chi connectivity index (χ0) is 19.7. The summed E-state index contributed by atoms with van der Waals surface area (Å²) in [7, 11) is 1.58. The second-order valence-electron chi connectivity index (χ2n) is 6.72. The average molecular weight is 380 g/mol. The number of nitrogens with one attached hydrogen (secondary N) is 2. The number of fused-ring (bicyclic) bond motifs is 1. The topological polar surface area (TPSA) is 115 Å². The van der Waals surface area contributed by atoms with Gasteiger partial charge in [0, 0.05) is 12.1 Å². The molecule has 0 fully saturated rings. The van der Waals surface area contributed by atoms with Crippen molar-refractivity contribution < 1.29 is 9.53 Å². The van der Waals surface area contributed by atoms with E-state index in [-0.39, 0.29) is 23.2 Å². The van der Waals surface area contributed by atoms with Crippen molar-refractivity contribution in [1.82, 2.24) is 30.5 Å². The maximum atomic E-state index is 12.8. The lowest BCUT2D eigenvalue weighted by Gasteiger charge is -2.24. The van der Waals surface area contributed by atoms with E-state index in [0.717, 1.165) is 17.7 Å². The van der Waals surface area contributed by atoms with Crippen LogP contribution in [0.1, 0.15) is 33.9 Å². The lowest BCUT2D eigenvalue weighted by atomic mass is 9.92. The Bertz CT molecular complexity index is 1090. The summed E-state index contributed by atoms with van der Waals surface area (Å²) in [5.74, 6) is 0.356. The largest absolute Gasteiger partial charge is 0.494 e. The molecule has 0 spiro atoms. The Kier molecular flexibility index (Phi) is 4.64. The van der Waals surface area contributed by atoms with E-state index in [2.05, 4.69) is 25.8 Å². The third kappa shape index (κ3) is 3.26. The van der Waals surface area contributed by atoms with Gasteiger partial charge in [-0.15, -0.1) is 5.10 Å². The number of rotatable bonds is 4. The highest BCUT2D eigenvalue weighted by Gasteiger charge is 2.25. The van der Waals surface area contributed by atoms with Crippen molar-refractivity contribution in [2.24, 2.45) is 0 Å². The van der Waals surface area contributed by atoms with Gasteiger partial charge in [0.15, 0.2) is 5.69 Å². The first-order valence-corrected chi connectivity index (χ1v) is 9.01. The van der Waals surface area contributed by atoms with Crippen LogP contribution in [0.2, 0.25) is 0 Å². The molecule has 2 heterocycles. The van der Waals surface area contributed by atoms with Crippen LogP contribution in [0.4, 0.5) is 0 Å². The number of aryl methyl sites for hydroxylation is 1. The van der Waals surface area contributed by atoms with Gasteiger partial charge in [0.05, 0.1) is 18.5 Å². The highest BCUT2D eigenvalue weighted by Crippen LogP contribution is 2.23. The van der Waals surface area contributed by atoms with Crippen LogP contribution in [0, 0.1) is 6.92 Å². The Morgan fingerprint density at radius 1 is 1.36 bits per heavy atom. The highest BCUT2D eigenvalue weighted by molar-refractivity contribution is 5.93. The summed E-state index contributed by atoms with van der Waals surface area (Å²) in [6, 6.07) is 8.87. The Labute approximate surface area is 160 Å². The maximum Gasteiger partial charge on any atom is 0.273 e. The van der Waals surface area contributed by atoms with Gasteiger partial charge in [-0.1, -0.05) is 17.3 Å². The fourth-order valence-corrected chi connectivity index (χ4v) is 3.49. The molecule has 0 bridgehead atoms. The van der Waals surface area contributed by atoms with E-state index in [1.165, 1.54) is 0 Å². The number of carbonyl (C=O) groups excluding carboxylic acids is 1. The molecule has 0 saturated heterocycles. The van der Waals surface area contributed by atoms with E-state index in [9.17, 15) is 9.59 Å². The van der Waals surface area contributed by atoms with Gasteiger partial charge >= 0.3 is 0 Å². The van der Waals surface area contributed by atoms with E-state index < -0.39 is 0 Å². The summed E-state index contributed by atoms with van der Waals surface area (Å²) in [6.07, 6.45) is 2.01. The van der Waals surface area contributed by atoms with E-state index >= 15 is 0 Å². The monoisotopic (exact) mass is 380 g/mol. The molecule has 28 heavy (non-hydrogen) atoms. The first-order valence-electron chi connectivity index (χ1n) is 9.01. The average Bonchev–Trinajstić information content (AvgIpc) is 3.09. The van der Waals surface area contributed by atoms with E-state index in [1.54, 1.807) is 24.8 Å². The fraction of sp³-hybridized carbons (Fsp3) is 0.316. The van der Waals surface area contributed by atoms with Crippen LogP contribution in [0.5, 0.6) is 5.75 Å². The SMILES string of the molecule is COc1ccccc1-n1nnc(C(=O)N[C@H]2CCc3n[nH]c(=O)cc3C2)c1C. The van der Waals surface area contributed by atoms with Gasteiger partial charge in [-0.05, 0) is 43.9 Å². The third-order valence-electron chi connectivity index (χ3n) is 4.93.